The third-order valence-electron chi connectivity index (χ3n) is 8.20. The maximum absolute atomic E-state index is 13.4. The Balaban J connectivity index is 1.34. The van der Waals surface area contributed by atoms with Crippen LogP contribution in [0.3, 0.4) is 0 Å². The van der Waals surface area contributed by atoms with E-state index in [0.717, 1.165) is 11.1 Å². The maximum Gasteiger partial charge on any atom is 0.244 e. The molecule has 5 rings (SSSR count). The minimum Gasteiger partial charge on any atom is -0.457 e. The number of likely N-dealkylation sites (tertiary alicyclic amines) is 1. The van der Waals surface area contributed by atoms with E-state index < -0.39 is 6.04 Å². The maximum atomic E-state index is 13.4. The normalized spacial score (nSPS) is 19.7. The van der Waals surface area contributed by atoms with Gasteiger partial charge in [0.2, 0.25) is 17.7 Å². The predicted octanol–water partition coefficient (Wildman–Crippen LogP) is 3.20. The lowest BCUT2D eigenvalue weighted by molar-refractivity contribution is -0.139. The number of benzene rings is 2. The summed E-state index contributed by atoms with van der Waals surface area (Å²) in [6.07, 6.45) is 0.908. The molecular formula is C33H39N5O6. The number of aryl methyl sites for hydroxylation is 2. The van der Waals surface area contributed by atoms with Gasteiger partial charge in [-0.1, -0.05) is 24.3 Å². The summed E-state index contributed by atoms with van der Waals surface area (Å²) in [7, 11) is 1.61. The molecule has 1 aromatic heterocycles. The summed E-state index contributed by atoms with van der Waals surface area (Å²) in [5.41, 5.74) is 3.65. The van der Waals surface area contributed by atoms with Gasteiger partial charge in [-0.05, 0) is 69.0 Å². The Hall–Kier alpha value is -4.51. The molecule has 1 saturated heterocycles. The average molecular weight is 602 g/mol. The van der Waals surface area contributed by atoms with E-state index in [9.17, 15) is 19.2 Å². The van der Waals surface area contributed by atoms with Crippen molar-refractivity contribution in [2.24, 2.45) is 0 Å². The Morgan fingerprint density at radius 3 is 2.43 bits per heavy atom. The first-order valence-electron chi connectivity index (χ1n) is 14.9. The summed E-state index contributed by atoms with van der Waals surface area (Å²) in [5, 5.41) is 7.44. The van der Waals surface area contributed by atoms with Crippen LogP contribution in [0.15, 0.2) is 48.5 Å². The Morgan fingerprint density at radius 2 is 1.73 bits per heavy atom. The zero-order chi connectivity index (χ0) is 31.4. The highest BCUT2D eigenvalue weighted by Gasteiger charge is 2.34. The fourth-order valence-electron chi connectivity index (χ4n) is 5.88. The third-order valence-corrected chi connectivity index (χ3v) is 8.20. The molecule has 3 amide bonds. The zero-order valence-corrected chi connectivity index (χ0v) is 25.7. The standard InChI is InChI=1S/C33H39N5O6/c1-21-33(23(3)39)22(2)38(35-21)19-32(42)37-14-13-29-28(17-37)34-30(40)18-36(4)31(41)12-11-24-7-5-9-26(15-24)44-27-10-6-8-25(16-27)20-43-29/h5-10,15-16,28-29H,11-14,17-20H2,1-4H3,(H,34,40)/t28-,29+/m0/s1. The van der Waals surface area contributed by atoms with Crippen LogP contribution in [0, 0.1) is 13.8 Å². The molecule has 0 saturated carbocycles. The molecule has 3 aromatic rings. The quantitative estimate of drug-likeness (QED) is 0.458. The van der Waals surface area contributed by atoms with Crippen molar-refractivity contribution in [1.29, 1.82) is 0 Å². The Morgan fingerprint density at radius 1 is 1.02 bits per heavy atom. The van der Waals surface area contributed by atoms with Crippen LogP contribution in [-0.4, -0.2) is 81.9 Å². The van der Waals surface area contributed by atoms with Crippen molar-refractivity contribution in [2.45, 2.75) is 65.3 Å². The van der Waals surface area contributed by atoms with E-state index in [4.69, 9.17) is 9.47 Å². The van der Waals surface area contributed by atoms with Crippen LogP contribution in [0.4, 0.5) is 0 Å². The number of ether oxygens (including phenoxy) is 2. The van der Waals surface area contributed by atoms with Gasteiger partial charge in [-0.15, -0.1) is 0 Å². The van der Waals surface area contributed by atoms with Gasteiger partial charge in [0, 0.05) is 32.3 Å². The van der Waals surface area contributed by atoms with Crippen LogP contribution in [0.25, 0.3) is 0 Å². The van der Waals surface area contributed by atoms with E-state index >= 15 is 0 Å². The average Bonchev–Trinajstić information content (AvgIpc) is 3.27. The van der Waals surface area contributed by atoms with Crippen molar-refractivity contribution in [3.63, 3.8) is 0 Å². The molecule has 2 atom stereocenters. The molecule has 1 N–H and O–H groups in total. The number of nitrogens with one attached hydrogen (secondary N) is 1. The molecule has 0 spiro atoms. The lowest BCUT2D eigenvalue weighted by atomic mass is 10.0. The topological polar surface area (TPSA) is 123 Å². The number of likely N-dealkylation sites (N-methyl/N-ethyl adjacent to an activating group) is 1. The molecule has 0 unspecified atom stereocenters. The molecule has 11 nitrogen and oxygen atoms in total. The number of piperidine rings is 1. The molecule has 2 aliphatic heterocycles. The molecular weight excluding hydrogens is 562 g/mol. The van der Waals surface area contributed by atoms with Gasteiger partial charge >= 0.3 is 0 Å². The number of carbonyl (C=O) groups excluding carboxylic acids is 4. The van der Waals surface area contributed by atoms with Crippen LogP contribution >= 0.6 is 0 Å². The minimum atomic E-state index is -0.491. The van der Waals surface area contributed by atoms with Crippen LogP contribution in [0.1, 0.15) is 52.6 Å². The lowest BCUT2D eigenvalue weighted by Crippen LogP contribution is -2.58. The van der Waals surface area contributed by atoms with Crippen molar-refractivity contribution >= 4 is 23.5 Å². The van der Waals surface area contributed by atoms with Crippen molar-refractivity contribution in [3.05, 3.63) is 76.6 Å². The number of hydrogen-bond donors (Lipinski definition) is 1. The van der Waals surface area contributed by atoms with Crippen LogP contribution in [-0.2, 0) is 38.7 Å². The van der Waals surface area contributed by atoms with Crippen molar-refractivity contribution in [3.8, 4) is 11.5 Å². The monoisotopic (exact) mass is 601 g/mol. The SMILES string of the molecule is CC(=O)c1c(C)nn(CC(=O)N2CC[C@H]3OCc4cccc(c4)Oc4cccc(c4)CCC(=O)N(C)CC(=O)N[C@H]3C2)c1C. The second kappa shape index (κ2) is 13.4. The number of hydrogen-bond acceptors (Lipinski definition) is 7. The summed E-state index contributed by atoms with van der Waals surface area (Å²) in [6.45, 7) is 5.87. The lowest BCUT2D eigenvalue weighted by Gasteiger charge is -2.39. The Bertz CT molecular complexity index is 1570. The molecule has 232 valence electrons. The number of ketones is 1. The zero-order valence-electron chi connectivity index (χ0n) is 25.7. The molecule has 11 heteroatoms. The van der Waals surface area contributed by atoms with E-state index in [-0.39, 0.29) is 55.7 Å². The molecule has 44 heavy (non-hydrogen) atoms. The van der Waals surface area contributed by atoms with Crippen LogP contribution in [0.2, 0.25) is 0 Å². The number of amides is 3. The first-order chi connectivity index (χ1) is 21.1. The highest BCUT2D eigenvalue weighted by Crippen LogP contribution is 2.25. The Labute approximate surface area is 257 Å². The van der Waals surface area contributed by atoms with Gasteiger partial charge in [0.05, 0.1) is 36.6 Å². The molecule has 3 heterocycles. The van der Waals surface area contributed by atoms with Gasteiger partial charge < -0.3 is 24.6 Å². The number of Topliss-reactive ketones (excluding diaryl/α,β-unsaturated/α-hetero) is 1. The van der Waals surface area contributed by atoms with Gasteiger partial charge in [0.15, 0.2) is 5.78 Å². The largest absolute Gasteiger partial charge is 0.457 e. The summed E-state index contributed by atoms with van der Waals surface area (Å²) in [6, 6.07) is 14.8. The molecule has 1 fully saturated rings. The van der Waals surface area contributed by atoms with E-state index in [1.165, 1.54) is 11.8 Å². The van der Waals surface area contributed by atoms with Crippen LogP contribution < -0.4 is 10.1 Å². The van der Waals surface area contributed by atoms with E-state index in [1.54, 1.807) is 30.5 Å². The van der Waals surface area contributed by atoms with Crippen molar-refractivity contribution in [1.82, 2.24) is 24.9 Å². The first-order valence-corrected chi connectivity index (χ1v) is 14.9. The van der Waals surface area contributed by atoms with Gasteiger partial charge in [0.25, 0.3) is 0 Å². The van der Waals surface area contributed by atoms with Gasteiger partial charge in [0.1, 0.15) is 18.0 Å². The molecule has 2 aliphatic rings. The number of carbonyl (C=O) groups is 4. The molecule has 4 bridgehead atoms. The summed E-state index contributed by atoms with van der Waals surface area (Å²) in [5.74, 6) is 0.615. The molecule has 2 aromatic carbocycles. The van der Waals surface area contributed by atoms with E-state index in [1.807, 2.05) is 48.5 Å². The van der Waals surface area contributed by atoms with Gasteiger partial charge in [-0.3, -0.25) is 23.9 Å². The van der Waals surface area contributed by atoms with Crippen molar-refractivity contribution in [2.75, 3.05) is 26.7 Å². The van der Waals surface area contributed by atoms with E-state index in [2.05, 4.69) is 10.4 Å². The second-order valence-corrected chi connectivity index (χ2v) is 11.6. The van der Waals surface area contributed by atoms with E-state index in [0.29, 0.717) is 54.4 Å². The van der Waals surface area contributed by atoms with Crippen LogP contribution in [0.5, 0.6) is 11.5 Å². The fourth-order valence-corrected chi connectivity index (χ4v) is 5.88. The first kappa shape index (κ1) is 30.9. The predicted molar refractivity (Wildman–Crippen MR) is 162 cm³/mol. The minimum absolute atomic E-state index is 0.0156. The highest BCUT2D eigenvalue weighted by atomic mass is 16.5. The number of nitrogens with zero attached hydrogens (tertiary/aromatic N) is 4. The Kier molecular flexibility index (Phi) is 9.43. The van der Waals surface area contributed by atoms with Gasteiger partial charge in [-0.2, -0.15) is 5.10 Å². The second-order valence-electron chi connectivity index (χ2n) is 11.6. The van der Waals surface area contributed by atoms with Crippen molar-refractivity contribution < 1.29 is 28.7 Å². The number of rotatable bonds is 3. The highest BCUT2D eigenvalue weighted by molar-refractivity contribution is 5.96. The molecule has 0 aliphatic carbocycles. The number of fused-ring (bicyclic) bond motifs is 5. The fraction of sp³-hybridized carbons (Fsp3) is 0.424. The number of aromatic nitrogens is 2. The molecule has 0 radical (unpaired) electrons. The third kappa shape index (κ3) is 7.34. The smallest absolute Gasteiger partial charge is 0.244 e. The summed E-state index contributed by atoms with van der Waals surface area (Å²) < 4.78 is 14.0. The summed E-state index contributed by atoms with van der Waals surface area (Å²) >= 11 is 0. The summed E-state index contributed by atoms with van der Waals surface area (Å²) in [4.78, 5) is 54.6. The van der Waals surface area contributed by atoms with Gasteiger partial charge in [-0.25, -0.2) is 0 Å².